The van der Waals surface area contributed by atoms with Gasteiger partial charge in [0, 0.05) is 18.5 Å². The van der Waals surface area contributed by atoms with E-state index in [1.54, 1.807) is 6.92 Å². The molecule has 0 saturated carbocycles. The molecule has 0 radical (unpaired) electrons. The van der Waals surface area contributed by atoms with E-state index < -0.39 is 5.82 Å². The second kappa shape index (κ2) is 5.76. The number of hydrogen-bond donors (Lipinski definition) is 2. The van der Waals surface area contributed by atoms with Crippen molar-refractivity contribution in [3.05, 3.63) is 29.6 Å². The quantitative estimate of drug-likeness (QED) is 0.461. The SMILES string of the molecule is CC#CCCNC(=O)c1ccc(N)c(F)c1. The fraction of sp³-hybridized carbons (Fsp3) is 0.250. The summed E-state index contributed by atoms with van der Waals surface area (Å²) in [6, 6.07) is 3.98. The van der Waals surface area contributed by atoms with Crippen LogP contribution in [-0.4, -0.2) is 12.5 Å². The number of benzene rings is 1. The molecule has 0 aromatic heterocycles. The van der Waals surface area contributed by atoms with Gasteiger partial charge in [-0.05, 0) is 25.1 Å². The highest BCUT2D eigenvalue weighted by molar-refractivity contribution is 5.94. The van der Waals surface area contributed by atoms with Crippen LogP contribution < -0.4 is 11.1 Å². The minimum Gasteiger partial charge on any atom is -0.396 e. The first-order valence-corrected chi connectivity index (χ1v) is 4.88. The maximum atomic E-state index is 13.1. The second-order valence-electron chi connectivity index (χ2n) is 3.17. The van der Waals surface area contributed by atoms with Crippen LogP contribution in [-0.2, 0) is 0 Å². The number of rotatable bonds is 3. The van der Waals surface area contributed by atoms with E-state index in [1.807, 2.05) is 0 Å². The van der Waals surface area contributed by atoms with E-state index >= 15 is 0 Å². The van der Waals surface area contributed by atoms with Crippen molar-refractivity contribution in [2.75, 3.05) is 12.3 Å². The maximum absolute atomic E-state index is 13.1. The Labute approximate surface area is 93.8 Å². The Morgan fingerprint density at radius 3 is 2.94 bits per heavy atom. The van der Waals surface area contributed by atoms with Gasteiger partial charge in [0.25, 0.3) is 5.91 Å². The van der Waals surface area contributed by atoms with Crippen LogP contribution in [0.4, 0.5) is 10.1 Å². The van der Waals surface area contributed by atoms with Gasteiger partial charge in [-0.2, -0.15) is 0 Å². The molecule has 0 atom stereocenters. The molecule has 0 aliphatic heterocycles. The van der Waals surface area contributed by atoms with E-state index in [9.17, 15) is 9.18 Å². The molecule has 16 heavy (non-hydrogen) atoms. The van der Waals surface area contributed by atoms with Crippen molar-refractivity contribution < 1.29 is 9.18 Å². The molecule has 0 bridgehead atoms. The van der Waals surface area contributed by atoms with E-state index in [2.05, 4.69) is 17.2 Å². The molecule has 3 nitrogen and oxygen atoms in total. The highest BCUT2D eigenvalue weighted by Gasteiger charge is 2.07. The summed E-state index contributed by atoms with van der Waals surface area (Å²) in [5.41, 5.74) is 5.60. The minimum atomic E-state index is -0.582. The predicted octanol–water partition coefficient (Wildman–Crippen LogP) is 1.55. The number of halogens is 1. The van der Waals surface area contributed by atoms with Gasteiger partial charge in [-0.3, -0.25) is 4.79 Å². The zero-order valence-corrected chi connectivity index (χ0v) is 9.01. The minimum absolute atomic E-state index is 0.0356. The summed E-state index contributed by atoms with van der Waals surface area (Å²) in [7, 11) is 0. The highest BCUT2D eigenvalue weighted by atomic mass is 19.1. The molecule has 0 spiro atoms. The Kier molecular flexibility index (Phi) is 4.34. The van der Waals surface area contributed by atoms with Crippen molar-refractivity contribution in [3.63, 3.8) is 0 Å². The third kappa shape index (κ3) is 3.28. The van der Waals surface area contributed by atoms with Crippen molar-refractivity contribution in [1.29, 1.82) is 0 Å². The zero-order valence-electron chi connectivity index (χ0n) is 9.01. The Balaban J connectivity index is 2.58. The van der Waals surface area contributed by atoms with Crippen LogP contribution in [0.25, 0.3) is 0 Å². The summed E-state index contributed by atoms with van der Waals surface area (Å²) >= 11 is 0. The van der Waals surface area contributed by atoms with Gasteiger partial charge in [0.15, 0.2) is 0 Å². The van der Waals surface area contributed by atoms with Gasteiger partial charge in [-0.25, -0.2) is 4.39 Å². The summed E-state index contributed by atoms with van der Waals surface area (Å²) in [6.45, 7) is 2.18. The summed E-state index contributed by atoms with van der Waals surface area (Å²) in [5.74, 6) is 4.63. The molecule has 0 aliphatic carbocycles. The molecule has 1 aromatic carbocycles. The van der Waals surface area contributed by atoms with E-state index in [0.717, 1.165) is 6.07 Å². The van der Waals surface area contributed by atoms with Crippen LogP contribution in [0.2, 0.25) is 0 Å². The highest BCUT2D eigenvalue weighted by Crippen LogP contribution is 2.11. The lowest BCUT2D eigenvalue weighted by molar-refractivity contribution is 0.0954. The third-order valence-electron chi connectivity index (χ3n) is 1.97. The first-order chi connectivity index (χ1) is 7.65. The number of carbonyl (C=O) groups is 1. The molecule has 3 N–H and O–H groups in total. The van der Waals surface area contributed by atoms with Gasteiger partial charge in [0.1, 0.15) is 5.82 Å². The van der Waals surface area contributed by atoms with Crippen LogP contribution >= 0.6 is 0 Å². The van der Waals surface area contributed by atoms with Gasteiger partial charge in [0.05, 0.1) is 5.69 Å². The topological polar surface area (TPSA) is 55.1 Å². The normalized spacial score (nSPS) is 9.12. The molecule has 1 amide bonds. The lowest BCUT2D eigenvalue weighted by atomic mass is 10.2. The van der Waals surface area contributed by atoms with E-state index in [-0.39, 0.29) is 17.2 Å². The Morgan fingerprint density at radius 1 is 1.56 bits per heavy atom. The summed E-state index contributed by atoms with van der Waals surface area (Å²) in [5, 5.41) is 2.63. The van der Waals surface area contributed by atoms with E-state index in [0.29, 0.717) is 13.0 Å². The van der Waals surface area contributed by atoms with Crippen molar-refractivity contribution in [1.82, 2.24) is 5.32 Å². The molecule has 4 heteroatoms. The number of amides is 1. The molecule has 84 valence electrons. The van der Waals surface area contributed by atoms with Gasteiger partial charge < -0.3 is 11.1 Å². The fourth-order valence-electron chi connectivity index (χ4n) is 1.13. The molecule has 1 aromatic rings. The summed E-state index contributed by atoms with van der Waals surface area (Å²) in [6.07, 6.45) is 0.583. The Bertz CT molecular complexity index is 446. The average Bonchev–Trinajstić information content (AvgIpc) is 2.28. The Morgan fingerprint density at radius 2 is 2.31 bits per heavy atom. The molecule has 0 heterocycles. The molecular weight excluding hydrogens is 207 g/mol. The van der Waals surface area contributed by atoms with Crippen molar-refractivity contribution >= 4 is 11.6 Å². The monoisotopic (exact) mass is 220 g/mol. The number of carbonyl (C=O) groups excluding carboxylic acids is 1. The van der Waals surface area contributed by atoms with Gasteiger partial charge >= 0.3 is 0 Å². The van der Waals surface area contributed by atoms with E-state index in [1.165, 1.54) is 12.1 Å². The second-order valence-corrected chi connectivity index (χ2v) is 3.17. The molecule has 0 saturated heterocycles. The van der Waals surface area contributed by atoms with Crippen LogP contribution in [0.1, 0.15) is 23.7 Å². The van der Waals surface area contributed by atoms with Crippen LogP contribution in [0, 0.1) is 17.7 Å². The first-order valence-electron chi connectivity index (χ1n) is 4.88. The Hall–Kier alpha value is -2.02. The lowest BCUT2D eigenvalue weighted by Crippen LogP contribution is -2.24. The van der Waals surface area contributed by atoms with Crippen LogP contribution in [0.15, 0.2) is 18.2 Å². The zero-order chi connectivity index (χ0) is 12.0. The van der Waals surface area contributed by atoms with Crippen LogP contribution in [0.5, 0.6) is 0 Å². The van der Waals surface area contributed by atoms with Crippen molar-refractivity contribution in [3.8, 4) is 11.8 Å². The molecule has 0 fully saturated rings. The molecule has 0 unspecified atom stereocenters. The van der Waals surface area contributed by atoms with Gasteiger partial charge in [0.2, 0.25) is 0 Å². The van der Waals surface area contributed by atoms with Crippen molar-refractivity contribution in [2.45, 2.75) is 13.3 Å². The summed E-state index contributed by atoms with van der Waals surface area (Å²) in [4.78, 5) is 11.5. The summed E-state index contributed by atoms with van der Waals surface area (Å²) < 4.78 is 13.1. The third-order valence-corrected chi connectivity index (χ3v) is 1.97. The van der Waals surface area contributed by atoms with Crippen molar-refractivity contribution in [2.24, 2.45) is 0 Å². The first kappa shape index (κ1) is 12.1. The van der Waals surface area contributed by atoms with Gasteiger partial charge in [-0.15, -0.1) is 11.8 Å². The molecule has 0 aliphatic rings. The predicted molar refractivity (Wildman–Crippen MR) is 61.2 cm³/mol. The van der Waals surface area contributed by atoms with Gasteiger partial charge in [-0.1, -0.05) is 0 Å². The number of nitrogen functional groups attached to an aromatic ring is 1. The number of anilines is 1. The standard InChI is InChI=1S/C12H13FN2O/c1-2-3-4-7-15-12(16)9-5-6-11(14)10(13)8-9/h5-6,8H,4,7,14H2,1H3,(H,15,16). The average molecular weight is 220 g/mol. The van der Waals surface area contributed by atoms with E-state index in [4.69, 9.17) is 5.73 Å². The number of nitrogens with two attached hydrogens (primary N) is 1. The maximum Gasteiger partial charge on any atom is 0.251 e. The fourth-order valence-corrected chi connectivity index (χ4v) is 1.13. The van der Waals surface area contributed by atoms with Crippen LogP contribution in [0.3, 0.4) is 0 Å². The number of hydrogen-bond acceptors (Lipinski definition) is 2. The lowest BCUT2D eigenvalue weighted by Gasteiger charge is -2.04. The number of nitrogens with one attached hydrogen (secondary N) is 1. The molecular formula is C12H13FN2O. The molecule has 1 rings (SSSR count). The largest absolute Gasteiger partial charge is 0.396 e. The smallest absolute Gasteiger partial charge is 0.251 e.